The molecule has 3 N–H and O–H groups in total. The average Bonchev–Trinajstić information content (AvgIpc) is 2.48. The van der Waals surface area contributed by atoms with Crippen LogP contribution in [0.1, 0.15) is 5.56 Å². The second kappa shape index (κ2) is 7.29. The molecule has 4 nitrogen and oxygen atoms in total. The molecule has 1 atom stereocenters. The maximum absolute atomic E-state index is 12.6. The van der Waals surface area contributed by atoms with Gasteiger partial charge in [0.25, 0.3) is 0 Å². The molecular weight excluding hydrogens is 396 g/mol. The summed E-state index contributed by atoms with van der Waals surface area (Å²) in [6.07, 6.45) is -4.48. The van der Waals surface area contributed by atoms with Gasteiger partial charge in [0.1, 0.15) is 0 Å². The van der Waals surface area contributed by atoms with Gasteiger partial charge in [-0.3, -0.25) is 0 Å². The predicted molar refractivity (Wildman–Crippen MR) is 88.4 cm³/mol. The number of carbonyl (C=O) groups is 1. The van der Waals surface area contributed by atoms with Crippen molar-refractivity contribution in [1.29, 1.82) is 0 Å². The number of anilines is 2. The summed E-state index contributed by atoms with van der Waals surface area (Å²) in [5, 5.41) is 5.32. The van der Waals surface area contributed by atoms with Gasteiger partial charge in [-0.25, -0.2) is 4.79 Å². The molecule has 0 spiro atoms. The van der Waals surface area contributed by atoms with E-state index in [9.17, 15) is 22.9 Å². The largest absolute Gasteiger partial charge is 0.416 e. The Hall–Kier alpha value is -1.63. The van der Waals surface area contributed by atoms with E-state index in [2.05, 4.69) is 26.6 Å². The van der Waals surface area contributed by atoms with Crippen molar-refractivity contribution >= 4 is 47.4 Å². The third-order valence-corrected chi connectivity index (χ3v) is 3.95. The second-order valence-corrected chi connectivity index (χ2v) is 6.14. The number of hydrogen-bond donors (Lipinski definition) is 3. The van der Waals surface area contributed by atoms with Crippen LogP contribution in [0.5, 0.6) is 0 Å². The summed E-state index contributed by atoms with van der Waals surface area (Å²) in [7, 11) is -0.538. The van der Waals surface area contributed by atoms with Crippen molar-refractivity contribution < 1.29 is 22.9 Å². The molecule has 2 aromatic carbocycles. The highest BCUT2D eigenvalue weighted by Gasteiger charge is 2.30. The second-order valence-electron chi connectivity index (χ2n) is 4.46. The SMILES string of the molecule is O=C(Nc1cccc(C(F)(F)F)c1)Nc1ccc(Br)cc1PO. The first kappa shape index (κ1) is 17.7. The molecule has 0 aliphatic rings. The monoisotopic (exact) mass is 406 g/mol. The van der Waals surface area contributed by atoms with Crippen molar-refractivity contribution in [2.75, 3.05) is 10.6 Å². The van der Waals surface area contributed by atoms with E-state index in [0.717, 1.165) is 16.6 Å². The summed E-state index contributed by atoms with van der Waals surface area (Å²) in [6.45, 7) is 0. The molecule has 0 aromatic heterocycles. The van der Waals surface area contributed by atoms with Crippen LogP contribution in [0.4, 0.5) is 29.3 Å². The van der Waals surface area contributed by atoms with Crippen LogP contribution in [-0.4, -0.2) is 10.9 Å². The molecule has 0 fully saturated rings. The normalized spacial score (nSPS) is 11.7. The molecular formula is C14H11BrF3N2O2P. The predicted octanol–water partition coefficient (Wildman–Crippen LogP) is 4.32. The lowest BCUT2D eigenvalue weighted by Crippen LogP contribution is -2.22. The topological polar surface area (TPSA) is 61.4 Å². The van der Waals surface area contributed by atoms with Gasteiger partial charge in [0.15, 0.2) is 0 Å². The maximum Gasteiger partial charge on any atom is 0.416 e. The molecule has 0 radical (unpaired) electrons. The highest BCUT2D eigenvalue weighted by atomic mass is 79.9. The number of rotatable bonds is 3. The molecule has 2 aromatic rings. The van der Waals surface area contributed by atoms with E-state index < -0.39 is 26.6 Å². The number of halogens is 4. The number of nitrogens with one attached hydrogen (secondary N) is 2. The van der Waals surface area contributed by atoms with E-state index >= 15 is 0 Å². The Morgan fingerprint density at radius 3 is 2.52 bits per heavy atom. The fraction of sp³-hybridized carbons (Fsp3) is 0.0714. The summed E-state index contributed by atoms with van der Waals surface area (Å²) in [5.41, 5.74) is -0.461. The first-order valence-corrected chi connectivity index (χ1v) is 7.98. The van der Waals surface area contributed by atoms with Crippen LogP contribution in [0.25, 0.3) is 0 Å². The molecule has 23 heavy (non-hydrogen) atoms. The van der Waals surface area contributed by atoms with Crippen LogP contribution in [0.3, 0.4) is 0 Å². The molecule has 0 saturated heterocycles. The van der Waals surface area contributed by atoms with E-state index in [-0.39, 0.29) is 5.69 Å². The summed E-state index contributed by atoms with van der Waals surface area (Å²) >= 11 is 3.24. The molecule has 9 heteroatoms. The first-order valence-electron chi connectivity index (χ1n) is 6.24. The molecule has 2 rings (SSSR count). The minimum Gasteiger partial charge on any atom is -0.372 e. The summed E-state index contributed by atoms with van der Waals surface area (Å²) in [6, 6.07) is 8.50. The Bertz CT molecular complexity index is 725. The lowest BCUT2D eigenvalue weighted by molar-refractivity contribution is -0.137. The van der Waals surface area contributed by atoms with Crippen LogP contribution in [0.15, 0.2) is 46.9 Å². The first-order chi connectivity index (χ1) is 10.8. The van der Waals surface area contributed by atoms with Crippen molar-refractivity contribution in [3.05, 3.63) is 52.5 Å². The molecule has 2 amide bonds. The lowest BCUT2D eigenvalue weighted by atomic mass is 10.2. The highest BCUT2D eigenvalue weighted by molar-refractivity contribution is 9.10. The van der Waals surface area contributed by atoms with Crippen LogP contribution < -0.4 is 15.9 Å². The fourth-order valence-electron chi connectivity index (χ4n) is 1.78. The number of urea groups is 1. The summed E-state index contributed by atoms with van der Waals surface area (Å²) in [4.78, 5) is 21.2. The molecule has 1 unspecified atom stereocenters. The van der Waals surface area contributed by atoms with Gasteiger partial charge in [0.05, 0.1) is 11.3 Å². The van der Waals surface area contributed by atoms with E-state index in [0.29, 0.717) is 11.0 Å². The fourth-order valence-corrected chi connectivity index (χ4v) is 2.83. The van der Waals surface area contributed by atoms with Crippen molar-refractivity contribution in [3.8, 4) is 0 Å². The van der Waals surface area contributed by atoms with Crippen LogP contribution in [0.2, 0.25) is 0 Å². The van der Waals surface area contributed by atoms with Crippen molar-refractivity contribution in [2.24, 2.45) is 0 Å². The third-order valence-electron chi connectivity index (χ3n) is 2.80. The Labute approximate surface area is 140 Å². The zero-order valence-electron chi connectivity index (χ0n) is 11.4. The van der Waals surface area contributed by atoms with E-state index in [1.165, 1.54) is 12.1 Å². The van der Waals surface area contributed by atoms with E-state index in [1.807, 2.05) is 0 Å². The van der Waals surface area contributed by atoms with Gasteiger partial charge in [0, 0.05) is 24.3 Å². The van der Waals surface area contributed by atoms with Gasteiger partial charge in [-0.1, -0.05) is 22.0 Å². The number of benzene rings is 2. The van der Waals surface area contributed by atoms with Gasteiger partial charge in [-0.15, -0.1) is 0 Å². The van der Waals surface area contributed by atoms with Crippen molar-refractivity contribution in [3.63, 3.8) is 0 Å². The molecule has 0 aliphatic carbocycles. The average molecular weight is 407 g/mol. The van der Waals surface area contributed by atoms with Crippen LogP contribution >= 0.6 is 24.7 Å². The summed E-state index contributed by atoms with van der Waals surface area (Å²) < 4.78 is 38.6. The quantitative estimate of drug-likeness (QED) is 0.664. The number of amides is 2. The number of alkyl halides is 3. The molecule has 0 aliphatic heterocycles. The zero-order valence-corrected chi connectivity index (χ0v) is 14.0. The van der Waals surface area contributed by atoms with E-state index in [4.69, 9.17) is 0 Å². The van der Waals surface area contributed by atoms with Gasteiger partial charge in [-0.05, 0) is 36.4 Å². The Morgan fingerprint density at radius 1 is 1.13 bits per heavy atom. The smallest absolute Gasteiger partial charge is 0.372 e. The van der Waals surface area contributed by atoms with Gasteiger partial charge >= 0.3 is 12.2 Å². The van der Waals surface area contributed by atoms with Gasteiger partial charge in [0.2, 0.25) is 0 Å². The number of hydrogen-bond acceptors (Lipinski definition) is 2. The van der Waals surface area contributed by atoms with Gasteiger partial charge < -0.3 is 15.5 Å². The third kappa shape index (κ3) is 4.92. The van der Waals surface area contributed by atoms with E-state index in [1.54, 1.807) is 18.2 Å². The Morgan fingerprint density at radius 2 is 1.87 bits per heavy atom. The van der Waals surface area contributed by atoms with Crippen LogP contribution in [0, 0.1) is 0 Å². The number of carbonyl (C=O) groups excluding carboxylic acids is 1. The van der Waals surface area contributed by atoms with Crippen molar-refractivity contribution in [2.45, 2.75) is 6.18 Å². The molecule has 0 bridgehead atoms. The van der Waals surface area contributed by atoms with Crippen LogP contribution in [-0.2, 0) is 6.18 Å². The maximum atomic E-state index is 12.6. The minimum absolute atomic E-state index is 0.0161. The van der Waals surface area contributed by atoms with Gasteiger partial charge in [-0.2, -0.15) is 13.2 Å². The molecule has 0 saturated carbocycles. The summed E-state index contributed by atoms with van der Waals surface area (Å²) in [5.74, 6) is 0. The lowest BCUT2D eigenvalue weighted by Gasteiger charge is -2.12. The Kier molecular flexibility index (Phi) is 5.62. The zero-order chi connectivity index (χ0) is 17.0. The Balaban J connectivity index is 2.11. The van der Waals surface area contributed by atoms with Crippen molar-refractivity contribution in [1.82, 2.24) is 0 Å². The molecule has 0 heterocycles. The highest BCUT2D eigenvalue weighted by Crippen LogP contribution is 2.30. The minimum atomic E-state index is -4.48. The molecule has 122 valence electrons. The standard InChI is InChI=1S/C14H11BrF3N2O2P/c15-9-4-5-11(12(7-9)23-22)20-13(21)19-10-3-1-2-8(6-10)14(16,17)18/h1-7,22-23H,(H2,19,20,21).